The minimum absolute atomic E-state index is 0.00444. The highest BCUT2D eigenvalue weighted by molar-refractivity contribution is 6.04. The molecular formula is C23H23F2N7O3. The minimum atomic E-state index is -0.855. The molecule has 1 saturated carbocycles. The van der Waals surface area contributed by atoms with Crippen molar-refractivity contribution in [3.63, 3.8) is 0 Å². The van der Waals surface area contributed by atoms with Crippen LogP contribution in [0.5, 0.6) is 0 Å². The first-order chi connectivity index (χ1) is 17.0. The topological polar surface area (TPSA) is 124 Å². The number of aromatic nitrogens is 6. The lowest BCUT2D eigenvalue weighted by Gasteiger charge is -2.28. The van der Waals surface area contributed by atoms with E-state index in [0.717, 1.165) is 37.8 Å². The number of ether oxygens (including phenoxy) is 1. The van der Waals surface area contributed by atoms with Gasteiger partial charge in [0.1, 0.15) is 17.7 Å². The molecule has 1 aliphatic carbocycles. The molecule has 0 spiro atoms. The van der Waals surface area contributed by atoms with E-state index in [1.54, 1.807) is 17.1 Å². The van der Waals surface area contributed by atoms with E-state index in [1.807, 2.05) is 6.92 Å². The number of amides is 1. The molecule has 12 heteroatoms. The number of H-pyrrole nitrogens is 1. The Kier molecular flexibility index (Phi) is 6.36. The van der Waals surface area contributed by atoms with E-state index < -0.39 is 17.7 Å². The third-order valence-electron chi connectivity index (χ3n) is 5.92. The quantitative estimate of drug-likeness (QED) is 0.374. The maximum atomic E-state index is 14.6. The van der Waals surface area contributed by atoms with Crippen LogP contribution in [0.1, 0.15) is 49.1 Å². The molecule has 0 bridgehead atoms. The largest absolute Gasteiger partial charge is 0.444 e. The number of nitrogens with zero attached hydrogens (tertiary/aromatic N) is 5. The Morgan fingerprint density at radius 1 is 1.23 bits per heavy atom. The van der Waals surface area contributed by atoms with Crippen LogP contribution in [0.15, 0.2) is 41.4 Å². The average molecular weight is 483 g/mol. The lowest BCUT2D eigenvalue weighted by molar-refractivity contribution is 0.0260. The number of anilines is 1. The van der Waals surface area contributed by atoms with Gasteiger partial charge in [0.15, 0.2) is 11.5 Å². The lowest BCUT2D eigenvalue weighted by atomic mass is 9.93. The summed E-state index contributed by atoms with van der Waals surface area (Å²) in [6.07, 6.45) is 9.42. The minimum Gasteiger partial charge on any atom is -0.444 e. The van der Waals surface area contributed by atoms with Gasteiger partial charge >= 0.3 is 0 Å². The Balaban J connectivity index is 1.43. The first-order valence-electron chi connectivity index (χ1n) is 11.3. The summed E-state index contributed by atoms with van der Waals surface area (Å²) < 4.78 is 41.2. The van der Waals surface area contributed by atoms with E-state index in [1.165, 1.54) is 12.5 Å². The van der Waals surface area contributed by atoms with E-state index in [0.29, 0.717) is 12.2 Å². The van der Waals surface area contributed by atoms with Crippen LogP contribution in [-0.2, 0) is 4.74 Å². The van der Waals surface area contributed by atoms with Crippen molar-refractivity contribution in [2.75, 3.05) is 11.9 Å². The smallest absolute Gasteiger partial charge is 0.277 e. The molecule has 1 fully saturated rings. The predicted molar refractivity (Wildman–Crippen MR) is 120 cm³/mol. The van der Waals surface area contributed by atoms with Crippen molar-refractivity contribution in [1.29, 1.82) is 0 Å². The molecule has 0 aliphatic heterocycles. The molecule has 5 rings (SSSR count). The fraction of sp³-hybridized carbons (Fsp3) is 0.348. The summed E-state index contributed by atoms with van der Waals surface area (Å²) in [7, 11) is 0. The zero-order valence-electron chi connectivity index (χ0n) is 18.9. The Bertz CT molecular complexity index is 1310. The number of carbonyl (C=O) groups is 1. The van der Waals surface area contributed by atoms with Gasteiger partial charge in [0.2, 0.25) is 11.8 Å². The summed E-state index contributed by atoms with van der Waals surface area (Å²) in [4.78, 5) is 20.8. The summed E-state index contributed by atoms with van der Waals surface area (Å²) in [5.41, 5.74) is 0.505. The standard InChI is InChI=1S/C23H23F2N7O3/c1-2-34-15-5-3-14(4-6-15)32-11-17(21(31-32)20-16(24)7-8-19(25)30-20)28-22(33)18-12-35-23(29-18)13-9-26-27-10-13/h7-12,14-15H,2-6H2,1H3,(H,26,27)(H,28,33). The number of pyridine rings is 1. The highest BCUT2D eigenvalue weighted by Crippen LogP contribution is 2.34. The molecular weight excluding hydrogens is 460 g/mol. The molecule has 0 aromatic carbocycles. The van der Waals surface area contributed by atoms with Crippen molar-refractivity contribution in [3.8, 4) is 22.8 Å². The van der Waals surface area contributed by atoms with Gasteiger partial charge in [0.05, 0.1) is 29.6 Å². The zero-order valence-corrected chi connectivity index (χ0v) is 18.9. The molecule has 10 nitrogen and oxygen atoms in total. The molecule has 0 radical (unpaired) electrons. The third-order valence-corrected chi connectivity index (χ3v) is 5.92. The predicted octanol–water partition coefficient (Wildman–Crippen LogP) is 4.37. The summed E-state index contributed by atoms with van der Waals surface area (Å²) in [5, 5.41) is 13.7. The monoisotopic (exact) mass is 483 g/mol. The summed E-state index contributed by atoms with van der Waals surface area (Å²) in [5.74, 6) is -1.99. The lowest BCUT2D eigenvalue weighted by Crippen LogP contribution is -2.24. The Labute approximate surface area is 198 Å². The number of nitrogens with one attached hydrogen (secondary N) is 2. The first-order valence-corrected chi connectivity index (χ1v) is 11.3. The van der Waals surface area contributed by atoms with E-state index in [9.17, 15) is 13.6 Å². The molecule has 0 atom stereocenters. The fourth-order valence-electron chi connectivity index (χ4n) is 4.21. The van der Waals surface area contributed by atoms with Crippen molar-refractivity contribution in [2.24, 2.45) is 0 Å². The van der Waals surface area contributed by atoms with Gasteiger partial charge in [-0.15, -0.1) is 0 Å². The van der Waals surface area contributed by atoms with Crippen LogP contribution < -0.4 is 5.32 Å². The van der Waals surface area contributed by atoms with Crippen molar-refractivity contribution in [3.05, 3.63) is 54.4 Å². The number of rotatable bonds is 7. The number of hydrogen-bond donors (Lipinski definition) is 2. The van der Waals surface area contributed by atoms with Gasteiger partial charge in [0, 0.05) is 19.0 Å². The van der Waals surface area contributed by atoms with Crippen molar-refractivity contribution >= 4 is 11.6 Å². The van der Waals surface area contributed by atoms with Gasteiger partial charge < -0.3 is 14.5 Å². The van der Waals surface area contributed by atoms with Crippen LogP contribution in [-0.4, -0.2) is 48.6 Å². The van der Waals surface area contributed by atoms with Crippen LogP contribution in [0, 0.1) is 11.8 Å². The van der Waals surface area contributed by atoms with E-state index in [2.05, 4.69) is 30.6 Å². The Morgan fingerprint density at radius 3 is 2.80 bits per heavy atom. The number of halogens is 2. The number of aromatic amines is 1. The SMILES string of the molecule is CCOC1CCC(n2cc(NC(=O)c3coc(-c4cn[nH]c4)n3)c(-c3nc(F)ccc3F)n2)CC1. The highest BCUT2D eigenvalue weighted by atomic mass is 19.1. The van der Waals surface area contributed by atoms with Gasteiger partial charge in [0.25, 0.3) is 5.91 Å². The second-order valence-electron chi connectivity index (χ2n) is 8.20. The summed E-state index contributed by atoms with van der Waals surface area (Å²) in [6, 6.07) is 1.92. The highest BCUT2D eigenvalue weighted by Gasteiger charge is 2.27. The normalized spacial score (nSPS) is 18.0. The van der Waals surface area contributed by atoms with Crippen LogP contribution in [0.25, 0.3) is 22.8 Å². The van der Waals surface area contributed by atoms with Crippen molar-refractivity contribution in [1.82, 2.24) is 29.9 Å². The third kappa shape index (κ3) is 4.83. The maximum Gasteiger partial charge on any atom is 0.277 e. The van der Waals surface area contributed by atoms with E-state index in [-0.39, 0.29) is 40.8 Å². The number of oxazole rings is 1. The van der Waals surface area contributed by atoms with Crippen LogP contribution in [0.4, 0.5) is 14.5 Å². The Morgan fingerprint density at radius 2 is 2.06 bits per heavy atom. The maximum absolute atomic E-state index is 14.6. The van der Waals surface area contributed by atoms with Gasteiger partial charge in [-0.05, 0) is 44.7 Å². The summed E-state index contributed by atoms with van der Waals surface area (Å²) in [6.45, 7) is 2.63. The molecule has 35 heavy (non-hydrogen) atoms. The van der Waals surface area contributed by atoms with Gasteiger partial charge in [-0.1, -0.05) is 0 Å². The van der Waals surface area contributed by atoms with E-state index in [4.69, 9.17) is 9.15 Å². The average Bonchev–Trinajstić information content (AvgIpc) is 3.62. The Hall–Kier alpha value is -3.93. The van der Waals surface area contributed by atoms with Crippen LogP contribution in [0.2, 0.25) is 0 Å². The summed E-state index contributed by atoms with van der Waals surface area (Å²) >= 11 is 0. The van der Waals surface area contributed by atoms with Crippen molar-refractivity contribution < 1.29 is 22.7 Å². The van der Waals surface area contributed by atoms with Crippen molar-refractivity contribution in [2.45, 2.75) is 44.8 Å². The molecule has 2 N–H and O–H groups in total. The molecule has 0 saturated heterocycles. The molecule has 1 aliphatic rings. The molecule has 1 amide bonds. The van der Waals surface area contributed by atoms with Gasteiger partial charge in [-0.3, -0.25) is 14.6 Å². The molecule has 4 heterocycles. The molecule has 0 unspecified atom stereocenters. The van der Waals surface area contributed by atoms with Gasteiger partial charge in [-0.2, -0.15) is 14.6 Å². The van der Waals surface area contributed by atoms with Gasteiger partial charge in [-0.25, -0.2) is 14.4 Å². The van der Waals surface area contributed by atoms with E-state index >= 15 is 0 Å². The number of carbonyl (C=O) groups excluding carboxylic acids is 1. The first kappa shape index (κ1) is 22.8. The molecule has 4 aromatic heterocycles. The molecule has 4 aromatic rings. The van der Waals surface area contributed by atoms with Crippen LogP contribution in [0.3, 0.4) is 0 Å². The number of hydrogen-bond acceptors (Lipinski definition) is 7. The second-order valence-corrected chi connectivity index (χ2v) is 8.20. The fourth-order valence-corrected chi connectivity index (χ4v) is 4.21. The molecule has 182 valence electrons. The van der Waals surface area contributed by atoms with Crippen LogP contribution >= 0.6 is 0 Å². The zero-order chi connectivity index (χ0) is 24.4. The second kappa shape index (κ2) is 9.74.